The molecule has 3 rings (SSSR count). The third-order valence-corrected chi connectivity index (χ3v) is 4.27. The zero-order valence-electron chi connectivity index (χ0n) is 15.5. The molecule has 5 heteroatoms. The van der Waals surface area contributed by atoms with Crippen molar-refractivity contribution >= 4 is 5.91 Å². The molecule has 134 valence electrons. The van der Waals surface area contributed by atoms with Gasteiger partial charge in [0, 0.05) is 11.1 Å². The largest absolute Gasteiger partial charge is 0.343 e. The lowest BCUT2D eigenvalue weighted by molar-refractivity contribution is 0.0946. The van der Waals surface area contributed by atoms with Gasteiger partial charge in [-0.3, -0.25) is 4.79 Å². The normalized spacial score (nSPS) is 11.4. The Morgan fingerprint density at radius 1 is 1.08 bits per heavy atom. The van der Waals surface area contributed by atoms with Crippen LogP contribution in [0.4, 0.5) is 0 Å². The smallest absolute Gasteiger partial charge is 0.251 e. The van der Waals surface area contributed by atoms with E-state index >= 15 is 0 Å². The molecule has 0 aliphatic heterocycles. The van der Waals surface area contributed by atoms with E-state index in [1.165, 1.54) is 5.56 Å². The Balaban J connectivity index is 1.64. The number of carbonyl (C=O) groups excluding carboxylic acids is 1. The van der Waals surface area contributed by atoms with Gasteiger partial charge in [0.2, 0.25) is 11.7 Å². The molecule has 0 unspecified atom stereocenters. The van der Waals surface area contributed by atoms with Crippen LogP contribution in [0.25, 0.3) is 11.4 Å². The molecule has 0 saturated heterocycles. The molecule has 0 aliphatic rings. The summed E-state index contributed by atoms with van der Waals surface area (Å²) in [5, 5.41) is 6.82. The third-order valence-electron chi connectivity index (χ3n) is 4.27. The average molecular weight is 349 g/mol. The minimum Gasteiger partial charge on any atom is -0.343 e. The summed E-state index contributed by atoms with van der Waals surface area (Å²) in [6.45, 7) is 8.62. The van der Waals surface area contributed by atoms with Crippen LogP contribution in [0.2, 0.25) is 0 Å². The fourth-order valence-corrected chi connectivity index (χ4v) is 2.64. The van der Waals surface area contributed by atoms with Crippen LogP contribution >= 0.6 is 0 Å². The Kier molecular flexibility index (Phi) is 4.89. The van der Waals surface area contributed by atoms with Crippen molar-refractivity contribution < 1.29 is 9.32 Å². The van der Waals surface area contributed by atoms with Gasteiger partial charge in [-0.05, 0) is 35.6 Å². The second-order valence-electron chi connectivity index (χ2n) is 7.34. The number of nitrogens with one attached hydrogen (secondary N) is 1. The quantitative estimate of drug-likeness (QED) is 0.764. The van der Waals surface area contributed by atoms with Gasteiger partial charge >= 0.3 is 0 Å². The molecule has 1 N–H and O–H groups in total. The Morgan fingerprint density at radius 2 is 1.77 bits per heavy atom. The molecule has 5 nitrogen and oxygen atoms in total. The van der Waals surface area contributed by atoms with Crippen LogP contribution in [0.3, 0.4) is 0 Å². The van der Waals surface area contributed by atoms with Crippen LogP contribution in [-0.4, -0.2) is 16.0 Å². The standard InChI is InChI=1S/C21H23N3O2/c1-14-7-5-6-8-17(14)19-23-18(26-24-19)13-22-20(25)15-9-11-16(12-10-15)21(2,3)4/h5-12H,13H2,1-4H3,(H,22,25). The number of hydrogen-bond donors (Lipinski definition) is 1. The van der Waals surface area contributed by atoms with Crippen molar-refractivity contribution in [3.8, 4) is 11.4 Å². The lowest BCUT2D eigenvalue weighted by Crippen LogP contribution is -2.23. The molecule has 3 aromatic rings. The number of carbonyl (C=O) groups is 1. The maximum Gasteiger partial charge on any atom is 0.251 e. The first-order valence-electron chi connectivity index (χ1n) is 8.62. The number of benzene rings is 2. The summed E-state index contributed by atoms with van der Waals surface area (Å²) in [7, 11) is 0. The highest BCUT2D eigenvalue weighted by Gasteiger charge is 2.15. The molecule has 0 radical (unpaired) electrons. The first-order chi connectivity index (χ1) is 12.3. The maximum absolute atomic E-state index is 12.3. The molecule has 0 aliphatic carbocycles. The zero-order valence-corrected chi connectivity index (χ0v) is 15.5. The number of aryl methyl sites for hydroxylation is 1. The first kappa shape index (κ1) is 17.9. The van der Waals surface area contributed by atoms with Crippen molar-refractivity contribution in [1.82, 2.24) is 15.5 Å². The van der Waals surface area contributed by atoms with Crippen LogP contribution in [0.1, 0.15) is 48.1 Å². The van der Waals surface area contributed by atoms with E-state index in [0.717, 1.165) is 11.1 Å². The fraction of sp³-hybridized carbons (Fsp3) is 0.286. The molecule has 0 bridgehead atoms. The topological polar surface area (TPSA) is 68.0 Å². The molecule has 0 atom stereocenters. The first-order valence-corrected chi connectivity index (χ1v) is 8.62. The second kappa shape index (κ2) is 7.12. The third kappa shape index (κ3) is 3.99. The summed E-state index contributed by atoms with van der Waals surface area (Å²) in [5.74, 6) is 0.742. The van der Waals surface area contributed by atoms with Gasteiger partial charge < -0.3 is 9.84 Å². The van der Waals surface area contributed by atoms with Crippen molar-refractivity contribution in [2.24, 2.45) is 0 Å². The molecule has 2 aromatic carbocycles. The summed E-state index contributed by atoms with van der Waals surface area (Å²) < 4.78 is 5.25. The summed E-state index contributed by atoms with van der Waals surface area (Å²) in [5.41, 5.74) is 3.85. The molecular formula is C21H23N3O2. The fourth-order valence-electron chi connectivity index (χ4n) is 2.64. The number of nitrogens with zero attached hydrogens (tertiary/aromatic N) is 2. The van der Waals surface area contributed by atoms with Crippen molar-refractivity contribution in [3.63, 3.8) is 0 Å². The maximum atomic E-state index is 12.3. The van der Waals surface area contributed by atoms with Gasteiger partial charge in [-0.25, -0.2) is 0 Å². The lowest BCUT2D eigenvalue weighted by atomic mass is 9.87. The van der Waals surface area contributed by atoms with Crippen molar-refractivity contribution in [3.05, 3.63) is 71.1 Å². The molecule has 1 heterocycles. The van der Waals surface area contributed by atoms with E-state index in [4.69, 9.17) is 4.52 Å². The summed E-state index contributed by atoms with van der Waals surface area (Å²) >= 11 is 0. The van der Waals surface area contributed by atoms with Gasteiger partial charge in [-0.15, -0.1) is 0 Å². The van der Waals surface area contributed by atoms with Crippen molar-refractivity contribution in [2.75, 3.05) is 0 Å². The van der Waals surface area contributed by atoms with E-state index in [1.807, 2.05) is 55.5 Å². The Labute approximate surface area is 153 Å². The van der Waals surface area contributed by atoms with Gasteiger partial charge in [0.25, 0.3) is 5.91 Å². The van der Waals surface area contributed by atoms with Crippen LogP contribution in [0, 0.1) is 6.92 Å². The Morgan fingerprint density at radius 3 is 2.42 bits per heavy atom. The summed E-state index contributed by atoms with van der Waals surface area (Å²) in [4.78, 5) is 16.7. The van der Waals surface area contributed by atoms with Gasteiger partial charge in [0.1, 0.15) is 0 Å². The number of rotatable bonds is 4. The zero-order chi connectivity index (χ0) is 18.7. The van der Waals surface area contributed by atoms with Crippen LogP contribution in [0.15, 0.2) is 53.1 Å². The molecule has 1 aromatic heterocycles. The van der Waals surface area contributed by atoms with E-state index in [2.05, 4.69) is 36.2 Å². The number of amides is 1. The van der Waals surface area contributed by atoms with Crippen LogP contribution in [0.5, 0.6) is 0 Å². The molecule has 1 amide bonds. The SMILES string of the molecule is Cc1ccccc1-c1noc(CNC(=O)c2ccc(C(C)(C)C)cc2)n1. The predicted octanol–water partition coefficient (Wildman–Crippen LogP) is 4.27. The van der Waals surface area contributed by atoms with Crippen LogP contribution in [-0.2, 0) is 12.0 Å². The van der Waals surface area contributed by atoms with Gasteiger partial charge in [-0.1, -0.05) is 62.3 Å². The lowest BCUT2D eigenvalue weighted by Gasteiger charge is -2.18. The molecule has 0 fully saturated rings. The highest BCUT2D eigenvalue weighted by molar-refractivity contribution is 5.94. The van der Waals surface area contributed by atoms with E-state index in [0.29, 0.717) is 17.3 Å². The molecule has 26 heavy (non-hydrogen) atoms. The monoisotopic (exact) mass is 349 g/mol. The Bertz CT molecular complexity index is 906. The van der Waals surface area contributed by atoms with Gasteiger partial charge in [0.05, 0.1) is 6.54 Å². The van der Waals surface area contributed by atoms with Crippen molar-refractivity contribution in [2.45, 2.75) is 39.7 Å². The highest BCUT2D eigenvalue weighted by Crippen LogP contribution is 2.22. The van der Waals surface area contributed by atoms with E-state index in [9.17, 15) is 4.79 Å². The molecular weight excluding hydrogens is 326 g/mol. The number of hydrogen-bond acceptors (Lipinski definition) is 4. The van der Waals surface area contributed by atoms with Gasteiger partial charge in [0.15, 0.2) is 0 Å². The minimum atomic E-state index is -0.166. The molecule has 0 spiro atoms. The second-order valence-corrected chi connectivity index (χ2v) is 7.34. The molecule has 0 saturated carbocycles. The Hall–Kier alpha value is -2.95. The summed E-state index contributed by atoms with van der Waals surface area (Å²) in [6, 6.07) is 15.5. The van der Waals surface area contributed by atoms with E-state index in [-0.39, 0.29) is 17.9 Å². The van der Waals surface area contributed by atoms with Gasteiger partial charge in [-0.2, -0.15) is 4.98 Å². The highest BCUT2D eigenvalue weighted by atomic mass is 16.5. The minimum absolute atomic E-state index is 0.0603. The van der Waals surface area contributed by atoms with E-state index < -0.39 is 0 Å². The predicted molar refractivity (Wildman–Crippen MR) is 101 cm³/mol. The summed E-state index contributed by atoms with van der Waals surface area (Å²) in [6.07, 6.45) is 0. The number of aromatic nitrogens is 2. The average Bonchev–Trinajstić information content (AvgIpc) is 3.08. The van der Waals surface area contributed by atoms with Crippen LogP contribution < -0.4 is 5.32 Å². The van der Waals surface area contributed by atoms with Crippen molar-refractivity contribution in [1.29, 1.82) is 0 Å². The van der Waals surface area contributed by atoms with E-state index in [1.54, 1.807) is 0 Å².